The van der Waals surface area contributed by atoms with Crippen molar-refractivity contribution in [2.45, 2.75) is 18.5 Å². The van der Waals surface area contributed by atoms with Gasteiger partial charge in [0.15, 0.2) is 0 Å². The van der Waals surface area contributed by atoms with E-state index in [1.165, 1.54) is 7.11 Å². The van der Waals surface area contributed by atoms with E-state index in [1.807, 2.05) is 4.90 Å². The predicted molar refractivity (Wildman–Crippen MR) is 51.8 cm³/mol. The van der Waals surface area contributed by atoms with Crippen molar-refractivity contribution in [2.75, 3.05) is 33.9 Å². The van der Waals surface area contributed by atoms with Crippen LogP contribution in [0.25, 0.3) is 0 Å². The van der Waals surface area contributed by atoms with Crippen molar-refractivity contribution in [2.24, 2.45) is 5.73 Å². The molecule has 1 aliphatic rings. The lowest BCUT2D eigenvalue weighted by molar-refractivity contribution is -0.148. The second-order valence-electron chi connectivity index (χ2n) is 3.54. The predicted octanol–water partition coefficient (Wildman–Crippen LogP) is -0.793. The fourth-order valence-electron chi connectivity index (χ4n) is 1.71. The van der Waals surface area contributed by atoms with E-state index in [-0.39, 0.29) is 18.1 Å². The highest BCUT2D eigenvalue weighted by atomic mass is 16.5. The van der Waals surface area contributed by atoms with Gasteiger partial charge in [-0.2, -0.15) is 0 Å². The summed E-state index contributed by atoms with van der Waals surface area (Å²) in [6.45, 7) is 1.94. The first kappa shape index (κ1) is 11.4. The van der Waals surface area contributed by atoms with Gasteiger partial charge in [-0.15, -0.1) is 0 Å². The van der Waals surface area contributed by atoms with Crippen LogP contribution in [0.4, 0.5) is 0 Å². The van der Waals surface area contributed by atoms with Crippen LogP contribution in [-0.4, -0.2) is 56.9 Å². The summed E-state index contributed by atoms with van der Waals surface area (Å²) in [5.74, 6) is -0.249. The third-order valence-electron chi connectivity index (χ3n) is 2.49. The number of methoxy groups -OCH3 is 2. The molecule has 0 bridgehead atoms. The van der Waals surface area contributed by atoms with Crippen molar-refractivity contribution >= 4 is 5.97 Å². The number of hydrogen-bond acceptors (Lipinski definition) is 5. The van der Waals surface area contributed by atoms with Gasteiger partial charge in [0, 0.05) is 26.2 Å². The summed E-state index contributed by atoms with van der Waals surface area (Å²) in [6.07, 6.45) is 0.928. The summed E-state index contributed by atoms with van der Waals surface area (Å²) in [5, 5.41) is 0. The van der Waals surface area contributed by atoms with E-state index >= 15 is 0 Å². The van der Waals surface area contributed by atoms with Crippen LogP contribution in [0, 0.1) is 0 Å². The molecule has 0 aliphatic carbocycles. The van der Waals surface area contributed by atoms with E-state index in [9.17, 15) is 4.79 Å². The summed E-state index contributed by atoms with van der Waals surface area (Å²) in [6, 6.07) is -0.141. The van der Waals surface area contributed by atoms with Gasteiger partial charge in [0.2, 0.25) is 0 Å². The highest BCUT2D eigenvalue weighted by Crippen LogP contribution is 2.12. The smallest absolute Gasteiger partial charge is 0.325 e. The maximum Gasteiger partial charge on any atom is 0.325 e. The van der Waals surface area contributed by atoms with Crippen molar-refractivity contribution in [3.8, 4) is 0 Å². The number of likely N-dealkylation sites (tertiary alicyclic amines) is 1. The maximum absolute atomic E-state index is 11.4. The molecule has 2 atom stereocenters. The first-order chi connectivity index (χ1) is 6.69. The van der Waals surface area contributed by atoms with Gasteiger partial charge in [-0.1, -0.05) is 0 Å². The highest BCUT2D eigenvalue weighted by Gasteiger charge is 2.31. The average Bonchev–Trinajstić information content (AvgIpc) is 2.60. The molecule has 2 unspecified atom stereocenters. The molecule has 1 heterocycles. The summed E-state index contributed by atoms with van der Waals surface area (Å²) >= 11 is 0. The number of nitrogens with zero attached hydrogens (tertiary/aromatic N) is 1. The van der Waals surface area contributed by atoms with Crippen LogP contribution in [0.2, 0.25) is 0 Å². The molecule has 14 heavy (non-hydrogen) atoms. The van der Waals surface area contributed by atoms with Gasteiger partial charge in [0.1, 0.15) is 6.04 Å². The first-order valence-electron chi connectivity index (χ1n) is 4.75. The lowest BCUT2D eigenvalue weighted by atomic mass is 10.3. The van der Waals surface area contributed by atoms with Crippen LogP contribution < -0.4 is 5.73 Å². The van der Waals surface area contributed by atoms with Gasteiger partial charge >= 0.3 is 5.97 Å². The van der Waals surface area contributed by atoms with Gasteiger partial charge in [-0.05, 0) is 6.42 Å². The third kappa shape index (κ3) is 2.67. The number of carbonyl (C=O) groups excluding carboxylic acids is 1. The van der Waals surface area contributed by atoms with E-state index in [2.05, 4.69) is 0 Å². The Morgan fingerprint density at radius 3 is 2.79 bits per heavy atom. The molecule has 1 fully saturated rings. The fraction of sp³-hybridized carbons (Fsp3) is 0.889. The Hall–Kier alpha value is -0.650. The molecule has 5 heteroatoms. The molecule has 82 valence electrons. The zero-order valence-electron chi connectivity index (χ0n) is 8.73. The second-order valence-corrected chi connectivity index (χ2v) is 3.54. The van der Waals surface area contributed by atoms with Crippen LogP contribution in [0.1, 0.15) is 6.42 Å². The van der Waals surface area contributed by atoms with Crippen LogP contribution in [0.15, 0.2) is 0 Å². The number of hydrogen-bond donors (Lipinski definition) is 1. The van der Waals surface area contributed by atoms with Crippen LogP contribution in [0.3, 0.4) is 0 Å². The van der Waals surface area contributed by atoms with E-state index in [1.54, 1.807) is 7.11 Å². The van der Waals surface area contributed by atoms with Gasteiger partial charge in [-0.25, -0.2) is 0 Å². The molecule has 0 amide bonds. The standard InChI is InChI=1S/C9H18N2O3/c1-13-6-8(9(12)14-2)11-4-3-7(10)5-11/h7-8H,3-6,10H2,1-2H3. The van der Waals surface area contributed by atoms with E-state index < -0.39 is 0 Å². The molecule has 0 aromatic rings. The molecule has 1 saturated heterocycles. The van der Waals surface area contributed by atoms with E-state index in [0.29, 0.717) is 6.61 Å². The van der Waals surface area contributed by atoms with Crippen LogP contribution in [0.5, 0.6) is 0 Å². The van der Waals surface area contributed by atoms with E-state index in [0.717, 1.165) is 19.5 Å². The Morgan fingerprint density at radius 1 is 1.64 bits per heavy atom. The van der Waals surface area contributed by atoms with Crippen molar-refractivity contribution in [3.63, 3.8) is 0 Å². The van der Waals surface area contributed by atoms with Crippen molar-refractivity contribution < 1.29 is 14.3 Å². The van der Waals surface area contributed by atoms with Crippen LogP contribution in [-0.2, 0) is 14.3 Å². The molecular weight excluding hydrogens is 184 g/mol. The number of carbonyl (C=O) groups is 1. The Balaban J connectivity index is 2.53. The zero-order valence-corrected chi connectivity index (χ0v) is 8.73. The fourth-order valence-corrected chi connectivity index (χ4v) is 1.71. The summed E-state index contributed by atoms with van der Waals surface area (Å²) < 4.78 is 9.70. The quantitative estimate of drug-likeness (QED) is 0.605. The van der Waals surface area contributed by atoms with Crippen molar-refractivity contribution in [1.29, 1.82) is 0 Å². The molecule has 1 rings (SSSR count). The Morgan fingerprint density at radius 2 is 2.36 bits per heavy atom. The van der Waals surface area contributed by atoms with Gasteiger partial charge in [0.25, 0.3) is 0 Å². The highest BCUT2D eigenvalue weighted by molar-refractivity contribution is 5.75. The molecule has 2 N–H and O–H groups in total. The minimum Gasteiger partial charge on any atom is -0.468 e. The van der Waals surface area contributed by atoms with Gasteiger partial charge in [0.05, 0.1) is 13.7 Å². The first-order valence-corrected chi connectivity index (χ1v) is 4.75. The topological polar surface area (TPSA) is 64.8 Å². The molecule has 0 spiro atoms. The second kappa shape index (κ2) is 5.29. The lowest BCUT2D eigenvalue weighted by Gasteiger charge is -2.24. The largest absolute Gasteiger partial charge is 0.468 e. The van der Waals surface area contributed by atoms with Gasteiger partial charge < -0.3 is 15.2 Å². The third-order valence-corrected chi connectivity index (χ3v) is 2.49. The number of nitrogens with two attached hydrogens (primary N) is 1. The van der Waals surface area contributed by atoms with Crippen molar-refractivity contribution in [1.82, 2.24) is 4.90 Å². The molecule has 0 aromatic heterocycles. The zero-order chi connectivity index (χ0) is 10.6. The lowest BCUT2D eigenvalue weighted by Crippen LogP contribution is -2.44. The Labute approximate surface area is 84.1 Å². The summed E-state index contributed by atoms with van der Waals surface area (Å²) in [5.41, 5.74) is 5.77. The molecule has 5 nitrogen and oxygen atoms in total. The number of esters is 1. The minimum absolute atomic E-state index is 0.166. The monoisotopic (exact) mass is 202 g/mol. The molecule has 0 aromatic carbocycles. The number of rotatable bonds is 4. The van der Waals surface area contributed by atoms with Crippen LogP contribution >= 0.6 is 0 Å². The molecular formula is C9H18N2O3. The average molecular weight is 202 g/mol. The Kier molecular flexibility index (Phi) is 4.31. The van der Waals surface area contributed by atoms with Gasteiger partial charge in [-0.3, -0.25) is 9.69 Å². The molecule has 1 aliphatic heterocycles. The molecule has 0 saturated carbocycles. The summed E-state index contributed by atoms with van der Waals surface area (Å²) in [4.78, 5) is 13.4. The summed E-state index contributed by atoms with van der Waals surface area (Å²) in [7, 11) is 2.97. The SMILES string of the molecule is COCC(C(=O)OC)N1CCC(N)C1. The maximum atomic E-state index is 11.4. The Bertz CT molecular complexity index is 198. The minimum atomic E-state index is -0.307. The number of ether oxygens (including phenoxy) is 2. The normalized spacial score (nSPS) is 24.9. The molecule has 0 radical (unpaired) electrons. The van der Waals surface area contributed by atoms with E-state index in [4.69, 9.17) is 15.2 Å². The van der Waals surface area contributed by atoms with Crippen molar-refractivity contribution in [3.05, 3.63) is 0 Å².